The van der Waals surface area contributed by atoms with Crippen molar-refractivity contribution in [2.75, 3.05) is 11.5 Å². The molecule has 7 nitrogen and oxygen atoms in total. The number of fused-ring (bicyclic) bond motifs is 1. The third kappa shape index (κ3) is 5.00. The molecule has 5 rings (SSSR count). The van der Waals surface area contributed by atoms with Crippen LogP contribution in [0.4, 0.5) is 10.5 Å². The number of aliphatic hydroxyl groups excluding tert-OH is 1. The number of ether oxygens (including phenoxy) is 2. The average molecular weight is 543 g/mol. The second-order valence-corrected chi connectivity index (χ2v) is 12.1. The Kier molecular flexibility index (Phi) is 7.23. The van der Waals surface area contributed by atoms with Crippen LogP contribution in [0.3, 0.4) is 0 Å². The van der Waals surface area contributed by atoms with Crippen molar-refractivity contribution in [3.05, 3.63) is 102 Å². The maximum atomic E-state index is 14.7. The van der Waals surface area contributed by atoms with Crippen molar-refractivity contribution in [1.29, 1.82) is 0 Å². The molecule has 0 radical (unpaired) electrons. The second-order valence-electron chi connectivity index (χ2n) is 12.1. The average Bonchev–Trinajstić information content (AvgIpc) is 3.35. The Labute approximate surface area is 236 Å². The number of nitrogens with zero attached hydrogens (tertiary/aromatic N) is 2. The third-order valence-corrected chi connectivity index (χ3v) is 7.79. The van der Waals surface area contributed by atoms with E-state index in [2.05, 4.69) is 0 Å². The van der Waals surface area contributed by atoms with Gasteiger partial charge in [-0.3, -0.25) is 9.69 Å². The number of aliphatic hydroxyl groups is 1. The van der Waals surface area contributed by atoms with Crippen molar-refractivity contribution in [1.82, 2.24) is 4.90 Å². The standard InChI is InChI=1S/C33H38N2O5/c1-31(2,3)40-30(38)35-27(22-39-32(35,4)5)28(36)33(20-23-14-8-6-9-15-23)25-18-12-13-19-26(25)34(29(33)37)21-24-16-10-7-11-17-24/h6-19,27-28,36H,20-22H2,1-5H3/t27-,28-,33+/m0/s1. The van der Waals surface area contributed by atoms with Crippen molar-refractivity contribution >= 4 is 17.7 Å². The van der Waals surface area contributed by atoms with Crippen molar-refractivity contribution in [3.8, 4) is 0 Å². The topological polar surface area (TPSA) is 79.3 Å². The molecule has 0 aliphatic carbocycles. The number of hydrogen-bond acceptors (Lipinski definition) is 5. The lowest BCUT2D eigenvalue weighted by molar-refractivity contribution is -0.130. The highest BCUT2D eigenvalue weighted by molar-refractivity contribution is 6.09. The Hall–Kier alpha value is -3.68. The predicted molar refractivity (Wildman–Crippen MR) is 154 cm³/mol. The number of anilines is 1. The lowest BCUT2D eigenvalue weighted by atomic mass is 9.69. The molecule has 1 saturated heterocycles. The molecule has 0 aromatic heterocycles. The van der Waals surface area contributed by atoms with Gasteiger partial charge in [-0.1, -0.05) is 78.9 Å². The van der Waals surface area contributed by atoms with E-state index in [1.165, 1.54) is 4.90 Å². The maximum Gasteiger partial charge on any atom is 0.412 e. The quantitative estimate of drug-likeness (QED) is 0.448. The molecule has 1 fully saturated rings. The molecule has 2 amide bonds. The third-order valence-electron chi connectivity index (χ3n) is 7.79. The summed E-state index contributed by atoms with van der Waals surface area (Å²) in [6.45, 7) is 9.39. The number of para-hydroxylation sites is 1. The minimum atomic E-state index is -1.36. The van der Waals surface area contributed by atoms with Crippen molar-refractivity contribution in [2.45, 2.75) is 76.5 Å². The van der Waals surface area contributed by atoms with Gasteiger partial charge in [-0.2, -0.15) is 0 Å². The zero-order valence-corrected chi connectivity index (χ0v) is 23.8. The number of amides is 2. The summed E-state index contributed by atoms with van der Waals surface area (Å²) in [4.78, 5) is 31.5. The highest BCUT2D eigenvalue weighted by Crippen LogP contribution is 2.49. The van der Waals surface area contributed by atoms with Crippen LogP contribution in [0.2, 0.25) is 0 Å². The van der Waals surface area contributed by atoms with Gasteiger partial charge >= 0.3 is 6.09 Å². The van der Waals surface area contributed by atoms with E-state index < -0.39 is 35.0 Å². The highest BCUT2D eigenvalue weighted by Gasteiger charge is 2.61. The first-order valence-electron chi connectivity index (χ1n) is 13.8. The van der Waals surface area contributed by atoms with Crippen LogP contribution >= 0.6 is 0 Å². The molecule has 2 heterocycles. The first kappa shape index (κ1) is 27.9. The van der Waals surface area contributed by atoms with E-state index in [0.717, 1.165) is 22.4 Å². The van der Waals surface area contributed by atoms with E-state index in [1.54, 1.807) is 39.5 Å². The van der Waals surface area contributed by atoms with Crippen LogP contribution in [-0.2, 0) is 32.6 Å². The summed E-state index contributed by atoms with van der Waals surface area (Å²) in [7, 11) is 0. The fourth-order valence-electron chi connectivity index (χ4n) is 6.01. The molecule has 1 N–H and O–H groups in total. The van der Waals surface area contributed by atoms with Crippen molar-refractivity contribution < 1.29 is 24.2 Å². The van der Waals surface area contributed by atoms with Crippen LogP contribution in [0.5, 0.6) is 0 Å². The lowest BCUT2D eigenvalue weighted by Gasteiger charge is -2.41. The predicted octanol–water partition coefficient (Wildman–Crippen LogP) is 5.45. The molecule has 7 heteroatoms. The molecule has 0 saturated carbocycles. The molecule has 0 spiro atoms. The fraction of sp³-hybridized carbons (Fsp3) is 0.394. The Balaban J connectivity index is 1.63. The molecule has 2 aliphatic heterocycles. The molecule has 2 aliphatic rings. The summed E-state index contributed by atoms with van der Waals surface area (Å²) in [5.41, 5.74) is 0.253. The van der Waals surface area contributed by atoms with Crippen molar-refractivity contribution in [3.63, 3.8) is 0 Å². The molecule has 3 aromatic rings. The van der Waals surface area contributed by atoms with Gasteiger partial charge in [0.15, 0.2) is 0 Å². The van der Waals surface area contributed by atoms with Crippen LogP contribution in [0.25, 0.3) is 0 Å². The molecule has 3 aromatic carbocycles. The SMILES string of the molecule is CC(C)(C)OC(=O)N1[C@H]([C@H](O)[C@]2(Cc3ccccc3)C(=O)N(Cc3ccccc3)c3ccccc32)COC1(C)C. The number of carbonyl (C=O) groups excluding carboxylic acids is 2. The van der Waals surface area contributed by atoms with Crippen LogP contribution < -0.4 is 4.90 Å². The zero-order chi connectivity index (χ0) is 28.7. The van der Waals surface area contributed by atoms with Crippen LogP contribution in [0.15, 0.2) is 84.9 Å². The zero-order valence-electron chi connectivity index (χ0n) is 23.8. The van der Waals surface area contributed by atoms with Crippen LogP contribution in [0, 0.1) is 0 Å². The van der Waals surface area contributed by atoms with Gasteiger partial charge in [0.05, 0.1) is 25.3 Å². The van der Waals surface area contributed by atoms with Gasteiger partial charge < -0.3 is 19.5 Å². The summed E-state index contributed by atoms with van der Waals surface area (Å²) >= 11 is 0. The summed E-state index contributed by atoms with van der Waals surface area (Å²) in [6.07, 6.45) is -1.61. The number of benzene rings is 3. The van der Waals surface area contributed by atoms with E-state index >= 15 is 0 Å². The number of rotatable bonds is 6. The largest absolute Gasteiger partial charge is 0.444 e. The second kappa shape index (κ2) is 10.4. The summed E-state index contributed by atoms with van der Waals surface area (Å²) < 4.78 is 11.8. The number of carbonyl (C=O) groups is 2. The monoisotopic (exact) mass is 542 g/mol. The van der Waals surface area contributed by atoms with Crippen LogP contribution in [-0.4, -0.2) is 52.1 Å². The Bertz CT molecular complexity index is 1370. The number of hydrogen-bond donors (Lipinski definition) is 1. The molecular weight excluding hydrogens is 504 g/mol. The summed E-state index contributed by atoms with van der Waals surface area (Å²) in [5, 5.41) is 12.4. The van der Waals surface area contributed by atoms with E-state index in [0.29, 0.717) is 6.54 Å². The van der Waals surface area contributed by atoms with E-state index in [4.69, 9.17) is 9.47 Å². The van der Waals surface area contributed by atoms with E-state index in [9.17, 15) is 14.7 Å². The van der Waals surface area contributed by atoms with Gasteiger partial charge in [0.25, 0.3) is 0 Å². The lowest BCUT2D eigenvalue weighted by Crippen LogP contribution is -2.61. The molecule has 3 atom stereocenters. The summed E-state index contributed by atoms with van der Waals surface area (Å²) in [6, 6.07) is 26.4. The van der Waals surface area contributed by atoms with Gasteiger partial charge in [-0.15, -0.1) is 0 Å². The summed E-state index contributed by atoms with van der Waals surface area (Å²) in [5.74, 6) is -0.206. The van der Waals surface area contributed by atoms with E-state index in [-0.39, 0.29) is 18.9 Å². The molecule has 0 bridgehead atoms. The first-order valence-corrected chi connectivity index (χ1v) is 13.8. The Morgan fingerprint density at radius 2 is 1.55 bits per heavy atom. The van der Waals surface area contributed by atoms with Gasteiger partial charge in [-0.05, 0) is 63.8 Å². The fourth-order valence-corrected chi connectivity index (χ4v) is 6.01. The van der Waals surface area contributed by atoms with Gasteiger partial charge in [0.2, 0.25) is 5.91 Å². The van der Waals surface area contributed by atoms with E-state index in [1.807, 2.05) is 84.9 Å². The molecule has 210 valence electrons. The molecule has 40 heavy (non-hydrogen) atoms. The highest BCUT2D eigenvalue weighted by atomic mass is 16.6. The van der Waals surface area contributed by atoms with Crippen LogP contribution in [0.1, 0.15) is 51.3 Å². The van der Waals surface area contributed by atoms with Gasteiger partial charge in [-0.25, -0.2) is 4.79 Å². The maximum absolute atomic E-state index is 14.7. The molecular formula is C33H38N2O5. The smallest absolute Gasteiger partial charge is 0.412 e. The molecule has 0 unspecified atom stereocenters. The Morgan fingerprint density at radius 1 is 0.975 bits per heavy atom. The van der Waals surface area contributed by atoms with Gasteiger partial charge in [0.1, 0.15) is 16.7 Å². The minimum absolute atomic E-state index is 0.0675. The first-order chi connectivity index (χ1) is 18.9. The van der Waals surface area contributed by atoms with Crippen molar-refractivity contribution in [2.24, 2.45) is 0 Å². The Morgan fingerprint density at radius 3 is 2.17 bits per heavy atom. The van der Waals surface area contributed by atoms with Gasteiger partial charge in [0, 0.05) is 5.69 Å². The normalized spacial score (nSPS) is 22.8. The minimum Gasteiger partial charge on any atom is -0.444 e.